The van der Waals surface area contributed by atoms with E-state index in [9.17, 15) is 4.79 Å². The highest BCUT2D eigenvalue weighted by Crippen LogP contribution is 2.30. The summed E-state index contributed by atoms with van der Waals surface area (Å²) in [6.07, 6.45) is 3.28. The monoisotopic (exact) mass is 345 g/mol. The minimum atomic E-state index is 0. The minimum Gasteiger partial charge on any atom is -0.297 e. The van der Waals surface area contributed by atoms with Gasteiger partial charge < -0.3 is 0 Å². The van der Waals surface area contributed by atoms with E-state index in [0.29, 0.717) is 13.0 Å². The zero-order chi connectivity index (χ0) is 16.2. The Labute approximate surface area is 149 Å². The first-order chi connectivity index (χ1) is 11.2. The van der Waals surface area contributed by atoms with Crippen molar-refractivity contribution in [2.45, 2.75) is 25.8 Å². The van der Waals surface area contributed by atoms with Crippen LogP contribution in [-0.2, 0) is 11.2 Å². The quantitative estimate of drug-likeness (QED) is 0.851. The van der Waals surface area contributed by atoms with Crippen molar-refractivity contribution in [1.29, 1.82) is 0 Å². The van der Waals surface area contributed by atoms with Crippen molar-refractivity contribution in [3.8, 4) is 0 Å². The van der Waals surface area contributed by atoms with Crippen LogP contribution in [-0.4, -0.2) is 35.9 Å². The molecule has 0 aliphatic carbocycles. The lowest BCUT2D eigenvalue weighted by atomic mass is 9.92. The molecule has 0 spiro atoms. The van der Waals surface area contributed by atoms with Crippen molar-refractivity contribution in [2.24, 2.45) is 0 Å². The topological polar surface area (TPSA) is 36.4 Å². The summed E-state index contributed by atoms with van der Waals surface area (Å²) >= 11 is 0. The van der Waals surface area contributed by atoms with E-state index in [1.54, 1.807) is 6.20 Å². The first kappa shape index (κ1) is 18.4. The number of likely N-dealkylation sites (N-methyl/N-ethyl adjacent to an activating group) is 1. The van der Waals surface area contributed by atoms with E-state index < -0.39 is 0 Å². The van der Waals surface area contributed by atoms with E-state index in [0.717, 1.165) is 18.8 Å². The lowest BCUT2D eigenvalue weighted by molar-refractivity contribution is -0.118. The van der Waals surface area contributed by atoms with Gasteiger partial charge in [-0.15, -0.1) is 12.4 Å². The van der Waals surface area contributed by atoms with Crippen LogP contribution in [0.25, 0.3) is 0 Å². The molecule has 1 amide bonds. The van der Waals surface area contributed by atoms with Crippen LogP contribution in [0.1, 0.15) is 30.5 Å². The highest BCUT2D eigenvalue weighted by atomic mass is 35.5. The molecule has 1 aliphatic rings. The third kappa shape index (κ3) is 3.77. The number of pyridine rings is 1. The van der Waals surface area contributed by atoms with Gasteiger partial charge in [-0.25, -0.2) is 4.98 Å². The fourth-order valence-electron chi connectivity index (χ4n) is 3.22. The van der Waals surface area contributed by atoms with Crippen molar-refractivity contribution in [2.75, 3.05) is 25.0 Å². The molecule has 0 bridgehead atoms. The molecule has 1 atom stereocenters. The summed E-state index contributed by atoms with van der Waals surface area (Å²) in [5, 5.41) is 0. The molecular weight excluding hydrogens is 322 g/mol. The normalized spacial score (nSPS) is 16.8. The summed E-state index contributed by atoms with van der Waals surface area (Å²) < 4.78 is 0. The van der Waals surface area contributed by atoms with Crippen molar-refractivity contribution < 1.29 is 4.79 Å². The van der Waals surface area contributed by atoms with Gasteiger partial charge in [0.25, 0.3) is 0 Å². The Kier molecular flexibility index (Phi) is 6.35. The zero-order valence-electron chi connectivity index (χ0n) is 14.2. The zero-order valence-corrected chi connectivity index (χ0v) is 15.0. The SMILES string of the molecule is CCC(=O)N(CC1c2ccccc2CCN1C)c1ccccn1.Cl. The molecule has 1 aromatic heterocycles. The van der Waals surface area contributed by atoms with Crippen molar-refractivity contribution in [3.05, 3.63) is 59.8 Å². The van der Waals surface area contributed by atoms with E-state index in [1.807, 2.05) is 30.0 Å². The largest absolute Gasteiger partial charge is 0.297 e. The van der Waals surface area contributed by atoms with Crippen LogP contribution in [0.3, 0.4) is 0 Å². The summed E-state index contributed by atoms with van der Waals surface area (Å²) in [7, 11) is 2.13. The number of anilines is 1. The number of halogens is 1. The number of hydrogen-bond acceptors (Lipinski definition) is 3. The molecule has 5 heteroatoms. The summed E-state index contributed by atoms with van der Waals surface area (Å²) in [4.78, 5) is 21.0. The molecule has 0 saturated heterocycles. The number of benzene rings is 1. The molecule has 1 aromatic carbocycles. The molecule has 0 fully saturated rings. The average Bonchev–Trinajstić information content (AvgIpc) is 2.61. The highest BCUT2D eigenvalue weighted by Gasteiger charge is 2.28. The van der Waals surface area contributed by atoms with Gasteiger partial charge in [0.1, 0.15) is 5.82 Å². The van der Waals surface area contributed by atoms with Gasteiger partial charge in [0.15, 0.2) is 0 Å². The Morgan fingerprint density at radius 2 is 2.00 bits per heavy atom. The maximum Gasteiger partial charge on any atom is 0.227 e. The van der Waals surface area contributed by atoms with E-state index in [2.05, 4.69) is 41.2 Å². The van der Waals surface area contributed by atoms with Gasteiger partial charge >= 0.3 is 0 Å². The van der Waals surface area contributed by atoms with E-state index in [-0.39, 0.29) is 24.4 Å². The van der Waals surface area contributed by atoms with E-state index >= 15 is 0 Å². The molecule has 3 rings (SSSR count). The van der Waals surface area contributed by atoms with Crippen molar-refractivity contribution >= 4 is 24.1 Å². The lowest BCUT2D eigenvalue weighted by Gasteiger charge is -2.37. The lowest BCUT2D eigenvalue weighted by Crippen LogP contribution is -2.42. The molecule has 128 valence electrons. The first-order valence-corrected chi connectivity index (χ1v) is 8.20. The predicted molar refractivity (Wildman–Crippen MR) is 99.6 cm³/mol. The Bertz CT molecular complexity index is 677. The molecule has 2 aromatic rings. The first-order valence-electron chi connectivity index (χ1n) is 8.20. The average molecular weight is 346 g/mol. The third-order valence-corrected chi connectivity index (χ3v) is 4.56. The van der Waals surface area contributed by atoms with Crippen LogP contribution >= 0.6 is 12.4 Å². The van der Waals surface area contributed by atoms with Crippen LogP contribution in [0, 0.1) is 0 Å². The Balaban J connectivity index is 0.00000208. The summed E-state index contributed by atoms with van der Waals surface area (Å²) in [6.45, 7) is 3.55. The number of rotatable bonds is 4. The van der Waals surface area contributed by atoms with Crippen LogP contribution in [0.4, 0.5) is 5.82 Å². The fraction of sp³-hybridized carbons (Fsp3) is 0.368. The van der Waals surface area contributed by atoms with Crippen LogP contribution < -0.4 is 4.90 Å². The summed E-state index contributed by atoms with van der Waals surface area (Å²) in [5.41, 5.74) is 2.71. The number of amides is 1. The minimum absolute atomic E-state index is 0. The van der Waals surface area contributed by atoms with E-state index in [1.165, 1.54) is 11.1 Å². The summed E-state index contributed by atoms with van der Waals surface area (Å²) in [6, 6.07) is 14.5. The summed E-state index contributed by atoms with van der Waals surface area (Å²) in [5.74, 6) is 0.843. The molecule has 1 aliphatic heterocycles. The van der Waals surface area contributed by atoms with Crippen molar-refractivity contribution in [3.63, 3.8) is 0 Å². The number of nitrogens with zero attached hydrogens (tertiary/aromatic N) is 3. The van der Waals surface area contributed by atoms with Crippen LogP contribution in [0.15, 0.2) is 48.7 Å². The molecule has 0 N–H and O–H groups in total. The maximum atomic E-state index is 12.5. The predicted octanol–water partition coefficient (Wildman–Crippen LogP) is 3.48. The molecular formula is C19H24ClN3O. The highest BCUT2D eigenvalue weighted by molar-refractivity contribution is 5.92. The van der Waals surface area contributed by atoms with Gasteiger partial charge in [-0.2, -0.15) is 0 Å². The molecule has 4 nitrogen and oxygen atoms in total. The van der Waals surface area contributed by atoms with Gasteiger partial charge in [0, 0.05) is 25.7 Å². The van der Waals surface area contributed by atoms with Crippen molar-refractivity contribution in [1.82, 2.24) is 9.88 Å². The van der Waals surface area contributed by atoms with Gasteiger partial charge in [-0.1, -0.05) is 37.3 Å². The second-order valence-electron chi connectivity index (χ2n) is 5.99. The molecule has 1 unspecified atom stereocenters. The Morgan fingerprint density at radius 3 is 2.71 bits per heavy atom. The molecule has 24 heavy (non-hydrogen) atoms. The van der Waals surface area contributed by atoms with Crippen LogP contribution in [0.2, 0.25) is 0 Å². The smallest absolute Gasteiger partial charge is 0.227 e. The fourth-order valence-corrected chi connectivity index (χ4v) is 3.22. The van der Waals surface area contributed by atoms with E-state index in [4.69, 9.17) is 0 Å². The second kappa shape index (κ2) is 8.27. The molecule has 0 radical (unpaired) electrons. The maximum absolute atomic E-state index is 12.5. The number of fused-ring (bicyclic) bond motifs is 1. The number of carbonyl (C=O) groups excluding carboxylic acids is 1. The Morgan fingerprint density at radius 1 is 1.25 bits per heavy atom. The van der Waals surface area contributed by atoms with Crippen LogP contribution in [0.5, 0.6) is 0 Å². The van der Waals surface area contributed by atoms with Gasteiger partial charge in [0.05, 0.1) is 6.04 Å². The second-order valence-corrected chi connectivity index (χ2v) is 5.99. The van der Waals surface area contributed by atoms with Gasteiger partial charge in [-0.3, -0.25) is 14.6 Å². The van der Waals surface area contributed by atoms with Gasteiger partial charge in [-0.05, 0) is 36.7 Å². The van der Waals surface area contributed by atoms with Gasteiger partial charge in [0.2, 0.25) is 5.91 Å². The number of hydrogen-bond donors (Lipinski definition) is 0. The number of carbonyl (C=O) groups is 1. The standard InChI is InChI=1S/C19H23N3O.ClH/c1-3-19(23)22(18-10-6-7-12-20-18)14-17-16-9-5-4-8-15(16)11-13-21(17)2;/h4-10,12,17H,3,11,13-14H2,1-2H3;1H. The molecule has 2 heterocycles. The Hall–Kier alpha value is -1.91. The third-order valence-electron chi connectivity index (χ3n) is 4.56. The molecule has 0 saturated carbocycles. The number of aromatic nitrogens is 1.